The molecule has 0 bridgehead atoms. The van der Waals surface area contributed by atoms with E-state index >= 15 is 0 Å². The number of ketones is 1. The van der Waals surface area contributed by atoms with Crippen LogP contribution < -0.4 is 9.47 Å². The highest BCUT2D eigenvalue weighted by Crippen LogP contribution is 2.37. The number of Topliss-reactive ketones (excluding diaryl/α,β-unsaturated/α-hetero) is 1. The highest BCUT2D eigenvalue weighted by Gasteiger charge is 2.18. The van der Waals surface area contributed by atoms with Gasteiger partial charge in [-0.25, -0.2) is 4.79 Å². The SMILES string of the molecule is CCCOc1c(Cl)cc(C(=O)OCC(=O)c2ccccc2)cc1OCC. The Morgan fingerprint density at radius 1 is 1.00 bits per heavy atom. The minimum absolute atomic E-state index is 0.197. The van der Waals surface area contributed by atoms with Crippen LogP contribution in [0.5, 0.6) is 11.5 Å². The van der Waals surface area contributed by atoms with Crippen molar-refractivity contribution in [2.45, 2.75) is 20.3 Å². The number of hydrogen-bond acceptors (Lipinski definition) is 5. The second-order valence-corrected chi connectivity index (χ2v) is 5.84. The predicted octanol–water partition coefficient (Wildman–Crippen LogP) is 4.57. The number of esters is 1. The molecule has 0 atom stereocenters. The summed E-state index contributed by atoms with van der Waals surface area (Å²) in [6, 6.07) is 11.6. The molecule has 0 radical (unpaired) electrons. The Morgan fingerprint density at radius 3 is 2.38 bits per heavy atom. The van der Waals surface area contributed by atoms with Gasteiger partial charge < -0.3 is 14.2 Å². The zero-order valence-corrected chi connectivity index (χ0v) is 15.5. The lowest BCUT2D eigenvalue weighted by Gasteiger charge is -2.14. The third kappa shape index (κ3) is 5.23. The summed E-state index contributed by atoms with van der Waals surface area (Å²) in [5.74, 6) is -0.167. The monoisotopic (exact) mass is 376 g/mol. The molecular formula is C20H21ClO5. The number of carbonyl (C=O) groups excluding carboxylic acids is 2. The van der Waals surface area contributed by atoms with Crippen LogP contribution in [0, 0.1) is 0 Å². The molecule has 0 aliphatic rings. The molecule has 138 valence electrons. The van der Waals surface area contributed by atoms with E-state index in [1.165, 1.54) is 12.1 Å². The molecule has 0 spiro atoms. The van der Waals surface area contributed by atoms with Gasteiger partial charge in [0.1, 0.15) is 0 Å². The Hall–Kier alpha value is -2.53. The van der Waals surface area contributed by atoms with Gasteiger partial charge in [0.2, 0.25) is 0 Å². The fraction of sp³-hybridized carbons (Fsp3) is 0.300. The van der Waals surface area contributed by atoms with Crippen LogP contribution in [0.15, 0.2) is 42.5 Å². The van der Waals surface area contributed by atoms with Crippen molar-refractivity contribution in [2.24, 2.45) is 0 Å². The average molecular weight is 377 g/mol. The van der Waals surface area contributed by atoms with Crippen LogP contribution in [0.4, 0.5) is 0 Å². The van der Waals surface area contributed by atoms with Crippen molar-refractivity contribution in [3.63, 3.8) is 0 Å². The zero-order valence-electron chi connectivity index (χ0n) is 14.8. The molecule has 0 unspecified atom stereocenters. The third-order valence-corrected chi connectivity index (χ3v) is 3.71. The van der Waals surface area contributed by atoms with E-state index in [0.29, 0.717) is 30.3 Å². The quantitative estimate of drug-likeness (QED) is 0.474. The van der Waals surface area contributed by atoms with Crippen LogP contribution in [0.1, 0.15) is 41.0 Å². The largest absolute Gasteiger partial charge is 0.490 e. The molecule has 0 saturated heterocycles. The van der Waals surface area contributed by atoms with Crippen LogP contribution in [0.25, 0.3) is 0 Å². The van der Waals surface area contributed by atoms with E-state index in [9.17, 15) is 9.59 Å². The van der Waals surface area contributed by atoms with Gasteiger partial charge in [-0.15, -0.1) is 0 Å². The fourth-order valence-electron chi connectivity index (χ4n) is 2.21. The zero-order chi connectivity index (χ0) is 18.9. The summed E-state index contributed by atoms with van der Waals surface area (Å²) >= 11 is 6.23. The highest BCUT2D eigenvalue weighted by molar-refractivity contribution is 6.32. The maximum Gasteiger partial charge on any atom is 0.338 e. The van der Waals surface area contributed by atoms with E-state index in [2.05, 4.69) is 0 Å². The van der Waals surface area contributed by atoms with E-state index in [1.54, 1.807) is 24.3 Å². The lowest BCUT2D eigenvalue weighted by Crippen LogP contribution is -2.14. The van der Waals surface area contributed by atoms with Crippen molar-refractivity contribution in [2.75, 3.05) is 19.8 Å². The summed E-state index contributed by atoms with van der Waals surface area (Å²) < 4.78 is 16.2. The van der Waals surface area contributed by atoms with Crippen LogP contribution in [0.2, 0.25) is 5.02 Å². The molecule has 0 amide bonds. The Balaban J connectivity index is 2.11. The number of benzene rings is 2. The summed E-state index contributed by atoms with van der Waals surface area (Å²) in [7, 11) is 0. The van der Waals surface area contributed by atoms with Gasteiger partial charge in [0, 0.05) is 5.56 Å². The molecule has 0 aliphatic carbocycles. The average Bonchev–Trinajstić information content (AvgIpc) is 2.66. The lowest BCUT2D eigenvalue weighted by atomic mass is 10.1. The lowest BCUT2D eigenvalue weighted by molar-refractivity contribution is 0.0474. The standard InChI is InChI=1S/C20H21ClO5/c1-3-10-25-19-16(21)11-15(12-18(19)24-4-2)20(23)26-13-17(22)14-8-6-5-7-9-14/h5-9,11-12H,3-4,10,13H2,1-2H3. The first-order valence-electron chi connectivity index (χ1n) is 8.41. The van der Waals surface area contributed by atoms with Crippen LogP contribution >= 0.6 is 11.6 Å². The second kappa shape index (κ2) is 9.82. The Kier molecular flexibility index (Phi) is 7.48. The van der Waals surface area contributed by atoms with Gasteiger partial charge in [-0.1, -0.05) is 48.9 Å². The number of ether oxygens (including phenoxy) is 3. The van der Waals surface area contributed by atoms with Crippen molar-refractivity contribution in [1.82, 2.24) is 0 Å². The van der Waals surface area contributed by atoms with Gasteiger partial charge in [0.25, 0.3) is 0 Å². The minimum Gasteiger partial charge on any atom is -0.490 e. The van der Waals surface area contributed by atoms with Gasteiger partial charge in [0.05, 0.1) is 23.8 Å². The number of hydrogen-bond donors (Lipinski definition) is 0. The van der Waals surface area contributed by atoms with Crippen LogP contribution in [-0.4, -0.2) is 31.6 Å². The van der Waals surface area contributed by atoms with Crippen molar-refractivity contribution < 1.29 is 23.8 Å². The summed E-state index contributed by atoms with van der Waals surface area (Å²) in [6.45, 7) is 4.32. The van der Waals surface area contributed by atoms with Crippen molar-refractivity contribution in [1.29, 1.82) is 0 Å². The normalized spacial score (nSPS) is 10.3. The van der Waals surface area contributed by atoms with Gasteiger partial charge in [-0.05, 0) is 25.5 Å². The Labute approximate surface area is 157 Å². The predicted molar refractivity (Wildman–Crippen MR) is 99.5 cm³/mol. The van der Waals surface area contributed by atoms with Crippen molar-refractivity contribution in [3.8, 4) is 11.5 Å². The van der Waals surface area contributed by atoms with Crippen molar-refractivity contribution >= 4 is 23.4 Å². The molecule has 26 heavy (non-hydrogen) atoms. The fourth-order valence-corrected chi connectivity index (χ4v) is 2.48. The molecule has 0 heterocycles. The van der Waals surface area contributed by atoms with E-state index in [1.807, 2.05) is 19.9 Å². The number of carbonyl (C=O) groups is 2. The maximum absolute atomic E-state index is 12.3. The maximum atomic E-state index is 12.3. The molecule has 0 N–H and O–H groups in total. The molecule has 2 aromatic rings. The molecule has 0 fully saturated rings. The van der Waals surface area contributed by atoms with E-state index < -0.39 is 5.97 Å². The molecule has 2 rings (SSSR count). The van der Waals surface area contributed by atoms with Crippen molar-refractivity contribution in [3.05, 3.63) is 58.6 Å². The second-order valence-electron chi connectivity index (χ2n) is 5.43. The van der Waals surface area contributed by atoms with E-state index in [-0.39, 0.29) is 23.0 Å². The Bertz CT molecular complexity index is 758. The first-order chi connectivity index (χ1) is 12.6. The first-order valence-corrected chi connectivity index (χ1v) is 8.79. The number of halogens is 1. The summed E-state index contributed by atoms with van der Waals surface area (Å²) in [4.78, 5) is 24.3. The summed E-state index contributed by atoms with van der Waals surface area (Å²) in [5, 5.41) is 0.255. The summed E-state index contributed by atoms with van der Waals surface area (Å²) in [5.41, 5.74) is 0.680. The van der Waals surface area contributed by atoms with Gasteiger partial charge in [-0.2, -0.15) is 0 Å². The smallest absolute Gasteiger partial charge is 0.338 e. The van der Waals surface area contributed by atoms with E-state index in [4.69, 9.17) is 25.8 Å². The van der Waals surface area contributed by atoms with E-state index in [0.717, 1.165) is 6.42 Å². The first kappa shape index (κ1) is 19.8. The van der Waals surface area contributed by atoms with Gasteiger partial charge >= 0.3 is 5.97 Å². The molecule has 5 nitrogen and oxygen atoms in total. The summed E-state index contributed by atoms with van der Waals surface area (Å²) in [6.07, 6.45) is 0.813. The van der Waals surface area contributed by atoms with Gasteiger partial charge in [0.15, 0.2) is 23.9 Å². The van der Waals surface area contributed by atoms with Crippen LogP contribution in [0.3, 0.4) is 0 Å². The molecular weight excluding hydrogens is 356 g/mol. The Morgan fingerprint density at radius 2 is 1.73 bits per heavy atom. The highest BCUT2D eigenvalue weighted by atomic mass is 35.5. The minimum atomic E-state index is -0.654. The van der Waals surface area contributed by atoms with Crippen LogP contribution in [-0.2, 0) is 4.74 Å². The molecule has 6 heteroatoms. The molecule has 0 aliphatic heterocycles. The molecule has 2 aromatic carbocycles. The topological polar surface area (TPSA) is 61.8 Å². The number of rotatable bonds is 9. The molecule has 0 aromatic heterocycles. The third-order valence-electron chi connectivity index (χ3n) is 3.43. The van der Waals surface area contributed by atoms with Gasteiger partial charge in [-0.3, -0.25) is 4.79 Å². The molecule has 0 saturated carbocycles.